The number of carbonyl (C=O) groups excluding carboxylic acids is 1. The molecule has 0 bridgehead atoms. The molecule has 0 saturated carbocycles. The molecule has 0 rings (SSSR count). The minimum Gasteiger partial charge on any atom is -0.277 e. The standard InChI is InChI=1S/C6H15NO2Si/c1-10(2,3)5-4-9-7-6-8/h6H,4-5H2,1-3H3,(H,7,8). The zero-order valence-electron chi connectivity index (χ0n) is 6.81. The Morgan fingerprint density at radius 2 is 2.10 bits per heavy atom. The Kier molecular flexibility index (Phi) is 4.30. The molecule has 0 aliphatic heterocycles. The second-order valence-electron chi connectivity index (χ2n) is 3.39. The van der Waals surface area contributed by atoms with Crippen molar-refractivity contribution < 1.29 is 9.63 Å². The second-order valence-corrected chi connectivity index (χ2v) is 9.02. The van der Waals surface area contributed by atoms with Crippen molar-refractivity contribution in [2.75, 3.05) is 6.61 Å². The molecular weight excluding hydrogens is 146 g/mol. The first-order chi connectivity index (χ1) is 4.56. The van der Waals surface area contributed by atoms with Crippen LogP contribution in [0.2, 0.25) is 25.7 Å². The Bertz CT molecular complexity index is 100. The van der Waals surface area contributed by atoms with Crippen molar-refractivity contribution in [1.29, 1.82) is 0 Å². The fourth-order valence-corrected chi connectivity index (χ4v) is 1.16. The number of hydrogen-bond donors (Lipinski definition) is 1. The van der Waals surface area contributed by atoms with E-state index in [1.165, 1.54) is 0 Å². The zero-order valence-corrected chi connectivity index (χ0v) is 7.81. The van der Waals surface area contributed by atoms with Crippen molar-refractivity contribution in [3.8, 4) is 0 Å². The van der Waals surface area contributed by atoms with E-state index in [2.05, 4.69) is 25.1 Å². The lowest BCUT2D eigenvalue weighted by Gasteiger charge is -2.14. The van der Waals surface area contributed by atoms with E-state index < -0.39 is 8.07 Å². The fraction of sp³-hybridized carbons (Fsp3) is 0.833. The Labute approximate surface area is 62.7 Å². The van der Waals surface area contributed by atoms with E-state index in [0.29, 0.717) is 13.0 Å². The van der Waals surface area contributed by atoms with Gasteiger partial charge in [-0.05, 0) is 6.04 Å². The van der Waals surface area contributed by atoms with Crippen molar-refractivity contribution >= 4 is 14.5 Å². The largest absolute Gasteiger partial charge is 0.277 e. The molecular formula is C6H15NO2Si. The van der Waals surface area contributed by atoms with Crippen molar-refractivity contribution in [1.82, 2.24) is 5.48 Å². The summed E-state index contributed by atoms with van der Waals surface area (Å²) in [5, 5.41) is 0. The maximum atomic E-state index is 9.70. The van der Waals surface area contributed by atoms with Gasteiger partial charge < -0.3 is 0 Å². The van der Waals surface area contributed by atoms with E-state index in [4.69, 9.17) is 4.84 Å². The number of rotatable bonds is 5. The van der Waals surface area contributed by atoms with E-state index >= 15 is 0 Å². The zero-order chi connectivity index (χ0) is 8.04. The van der Waals surface area contributed by atoms with Gasteiger partial charge in [0.1, 0.15) is 0 Å². The predicted octanol–water partition coefficient (Wildman–Crippen LogP) is 1.00. The Morgan fingerprint density at radius 3 is 2.50 bits per heavy atom. The molecule has 0 atom stereocenters. The molecule has 0 saturated heterocycles. The SMILES string of the molecule is C[Si](C)(C)CCONC=O. The molecule has 1 amide bonds. The first-order valence-corrected chi connectivity index (χ1v) is 7.08. The molecule has 0 fully saturated rings. The third kappa shape index (κ3) is 7.65. The number of hydroxylamine groups is 1. The lowest BCUT2D eigenvalue weighted by atomic mass is 10.9. The number of hydrogen-bond acceptors (Lipinski definition) is 2. The number of amides is 1. The lowest BCUT2D eigenvalue weighted by Crippen LogP contribution is -2.24. The van der Waals surface area contributed by atoms with Crippen LogP contribution in [-0.4, -0.2) is 21.1 Å². The van der Waals surface area contributed by atoms with E-state index in [1.807, 2.05) is 0 Å². The highest BCUT2D eigenvalue weighted by Gasteiger charge is 2.11. The summed E-state index contributed by atoms with van der Waals surface area (Å²) in [6.07, 6.45) is 0.546. The molecule has 0 aromatic carbocycles. The molecule has 1 N–H and O–H groups in total. The molecule has 0 aliphatic carbocycles. The van der Waals surface area contributed by atoms with Crippen molar-refractivity contribution in [3.05, 3.63) is 0 Å². The van der Waals surface area contributed by atoms with Gasteiger partial charge in [0.2, 0.25) is 6.41 Å². The Balaban J connectivity index is 3.12. The van der Waals surface area contributed by atoms with Crippen LogP contribution in [0.4, 0.5) is 0 Å². The maximum Gasteiger partial charge on any atom is 0.230 e. The van der Waals surface area contributed by atoms with Gasteiger partial charge >= 0.3 is 0 Å². The minimum absolute atomic E-state index is 0.546. The molecule has 0 aromatic rings. The molecule has 3 nitrogen and oxygen atoms in total. The number of carbonyl (C=O) groups is 1. The molecule has 0 heterocycles. The minimum atomic E-state index is -0.988. The average molecular weight is 161 g/mol. The summed E-state index contributed by atoms with van der Waals surface area (Å²) in [5.41, 5.74) is 2.16. The van der Waals surface area contributed by atoms with Gasteiger partial charge in [-0.3, -0.25) is 9.63 Å². The normalized spacial score (nSPS) is 11.1. The predicted molar refractivity (Wildman–Crippen MR) is 43.3 cm³/mol. The summed E-state index contributed by atoms with van der Waals surface area (Å²) >= 11 is 0. The maximum absolute atomic E-state index is 9.70. The highest BCUT2D eigenvalue weighted by molar-refractivity contribution is 6.76. The quantitative estimate of drug-likeness (QED) is 0.283. The smallest absolute Gasteiger partial charge is 0.230 e. The van der Waals surface area contributed by atoms with Crippen LogP contribution in [0.15, 0.2) is 0 Å². The van der Waals surface area contributed by atoms with Gasteiger partial charge in [0.25, 0.3) is 0 Å². The monoisotopic (exact) mass is 161 g/mol. The van der Waals surface area contributed by atoms with Gasteiger partial charge in [0.15, 0.2) is 0 Å². The second kappa shape index (κ2) is 4.46. The van der Waals surface area contributed by atoms with Gasteiger partial charge in [-0.25, -0.2) is 5.48 Å². The van der Waals surface area contributed by atoms with E-state index in [1.54, 1.807) is 0 Å². The molecule has 60 valence electrons. The van der Waals surface area contributed by atoms with Gasteiger partial charge in [0, 0.05) is 8.07 Å². The first kappa shape index (κ1) is 9.65. The van der Waals surface area contributed by atoms with Gasteiger partial charge in [0.05, 0.1) is 6.61 Å². The van der Waals surface area contributed by atoms with Crippen LogP contribution in [0.1, 0.15) is 0 Å². The van der Waals surface area contributed by atoms with Crippen LogP contribution in [-0.2, 0) is 9.63 Å². The highest BCUT2D eigenvalue weighted by Crippen LogP contribution is 2.06. The van der Waals surface area contributed by atoms with Crippen LogP contribution in [0.5, 0.6) is 0 Å². The van der Waals surface area contributed by atoms with E-state index in [-0.39, 0.29) is 0 Å². The molecule has 0 unspecified atom stereocenters. The molecule has 0 spiro atoms. The molecule has 0 aromatic heterocycles. The summed E-state index contributed by atoms with van der Waals surface area (Å²) in [6.45, 7) is 7.42. The highest BCUT2D eigenvalue weighted by atomic mass is 28.3. The summed E-state index contributed by atoms with van der Waals surface area (Å²) < 4.78 is 0. The fourth-order valence-electron chi connectivity index (χ4n) is 0.450. The third-order valence-electron chi connectivity index (χ3n) is 1.09. The Morgan fingerprint density at radius 1 is 1.50 bits per heavy atom. The Hall–Kier alpha value is -0.353. The van der Waals surface area contributed by atoms with Crippen LogP contribution >= 0.6 is 0 Å². The van der Waals surface area contributed by atoms with Crippen LogP contribution in [0.25, 0.3) is 0 Å². The summed E-state index contributed by atoms with van der Waals surface area (Å²) in [7, 11) is -0.988. The third-order valence-corrected chi connectivity index (χ3v) is 2.79. The van der Waals surface area contributed by atoms with Crippen LogP contribution < -0.4 is 5.48 Å². The molecule has 0 aliphatic rings. The summed E-state index contributed by atoms with van der Waals surface area (Å²) in [5.74, 6) is 0. The molecule has 4 heteroatoms. The van der Waals surface area contributed by atoms with Crippen LogP contribution in [0.3, 0.4) is 0 Å². The van der Waals surface area contributed by atoms with Crippen molar-refractivity contribution in [2.24, 2.45) is 0 Å². The first-order valence-electron chi connectivity index (χ1n) is 3.37. The average Bonchev–Trinajstić information content (AvgIpc) is 1.78. The van der Waals surface area contributed by atoms with Gasteiger partial charge in [-0.15, -0.1) is 0 Å². The van der Waals surface area contributed by atoms with Crippen molar-refractivity contribution in [2.45, 2.75) is 25.7 Å². The van der Waals surface area contributed by atoms with E-state index in [0.717, 1.165) is 6.04 Å². The lowest BCUT2D eigenvalue weighted by molar-refractivity contribution is -0.120. The summed E-state index contributed by atoms with van der Waals surface area (Å²) in [4.78, 5) is 14.5. The molecule has 0 radical (unpaired) electrons. The summed E-state index contributed by atoms with van der Waals surface area (Å²) in [6, 6.07) is 1.08. The molecule has 10 heavy (non-hydrogen) atoms. The topological polar surface area (TPSA) is 38.3 Å². The van der Waals surface area contributed by atoms with Gasteiger partial charge in [-0.2, -0.15) is 0 Å². The van der Waals surface area contributed by atoms with Gasteiger partial charge in [-0.1, -0.05) is 19.6 Å². The number of nitrogens with one attached hydrogen (secondary N) is 1. The van der Waals surface area contributed by atoms with Crippen LogP contribution in [0, 0.1) is 0 Å². The van der Waals surface area contributed by atoms with Crippen molar-refractivity contribution in [3.63, 3.8) is 0 Å². The van der Waals surface area contributed by atoms with E-state index in [9.17, 15) is 4.79 Å².